The van der Waals surface area contributed by atoms with Crippen molar-refractivity contribution in [1.29, 1.82) is 0 Å². The van der Waals surface area contributed by atoms with Crippen molar-refractivity contribution in [1.82, 2.24) is 4.98 Å². The van der Waals surface area contributed by atoms with Crippen LogP contribution in [0.2, 0.25) is 0 Å². The average Bonchev–Trinajstić information content (AvgIpc) is 2.48. The van der Waals surface area contributed by atoms with Crippen LogP contribution in [0.3, 0.4) is 0 Å². The van der Waals surface area contributed by atoms with Crippen LogP contribution in [0, 0.1) is 11.8 Å². The standard InChI is InChI=1S/C16H21F2NO3/c1-2-12(15(20)21)10-6-8-11(9-7-10)13-4-3-5-14(19-13)22-16(17)18/h3-5,10-12,16H,2,6-9H2,1H3,(H,20,21). The van der Waals surface area contributed by atoms with Crippen LogP contribution in [0.4, 0.5) is 8.78 Å². The number of alkyl halides is 2. The highest BCUT2D eigenvalue weighted by molar-refractivity contribution is 5.70. The maximum absolute atomic E-state index is 12.2. The number of nitrogens with zero attached hydrogens (tertiary/aromatic N) is 1. The van der Waals surface area contributed by atoms with E-state index in [9.17, 15) is 18.7 Å². The third-order valence-electron chi connectivity index (χ3n) is 4.47. The number of carboxylic acid groups (broad SMARTS) is 1. The molecule has 122 valence electrons. The van der Waals surface area contributed by atoms with Gasteiger partial charge in [0.05, 0.1) is 5.92 Å². The van der Waals surface area contributed by atoms with Crippen molar-refractivity contribution in [2.45, 2.75) is 51.6 Å². The monoisotopic (exact) mass is 313 g/mol. The molecule has 0 saturated heterocycles. The van der Waals surface area contributed by atoms with Crippen molar-refractivity contribution in [3.63, 3.8) is 0 Å². The summed E-state index contributed by atoms with van der Waals surface area (Å²) in [5.41, 5.74) is 0.750. The van der Waals surface area contributed by atoms with Gasteiger partial charge in [-0.15, -0.1) is 0 Å². The van der Waals surface area contributed by atoms with Crippen molar-refractivity contribution in [2.75, 3.05) is 0 Å². The molecular weight excluding hydrogens is 292 g/mol. The first kappa shape index (κ1) is 16.6. The molecule has 1 fully saturated rings. The van der Waals surface area contributed by atoms with Gasteiger partial charge in [-0.3, -0.25) is 4.79 Å². The summed E-state index contributed by atoms with van der Waals surface area (Å²) in [4.78, 5) is 15.4. The molecule has 0 aliphatic heterocycles. The molecule has 22 heavy (non-hydrogen) atoms. The van der Waals surface area contributed by atoms with Crippen LogP contribution in [-0.2, 0) is 4.79 Å². The Hall–Kier alpha value is -1.72. The number of hydrogen-bond donors (Lipinski definition) is 1. The molecular formula is C16H21F2NO3. The molecule has 1 N–H and O–H groups in total. The zero-order valence-electron chi connectivity index (χ0n) is 12.5. The first-order valence-electron chi connectivity index (χ1n) is 7.65. The molecule has 1 aliphatic rings. The van der Waals surface area contributed by atoms with E-state index in [0.717, 1.165) is 31.4 Å². The highest BCUT2D eigenvalue weighted by Gasteiger charge is 2.31. The molecule has 1 aromatic heterocycles. The molecule has 0 aromatic carbocycles. The van der Waals surface area contributed by atoms with Crippen LogP contribution in [-0.4, -0.2) is 22.7 Å². The lowest BCUT2D eigenvalue weighted by molar-refractivity contribution is -0.144. The van der Waals surface area contributed by atoms with E-state index in [0.29, 0.717) is 6.42 Å². The van der Waals surface area contributed by atoms with Crippen molar-refractivity contribution in [2.24, 2.45) is 11.8 Å². The predicted molar refractivity (Wildman–Crippen MR) is 77.0 cm³/mol. The number of ether oxygens (including phenoxy) is 1. The minimum absolute atomic E-state index is 0.0633. The van der Waals surface area contributed by atoms with Gasteiger partial charge in [0.15, 0.2) is 0 Å². The fourth-order valence-corrected chi connectivity index (χ4v) is 3.34. The normalized spacial score (nSPS) is 23.3. The summed E-state index contributed by atoms with van der Waals surface area (Å²) in [6, 6.07) is 4.90. The van der Waals surface area contributed by atoms with E-state index in [-0.39, 0.29) is 23.6 Å². The molecule has 0 radical (unpaired) electrons. The summed E-state index contributed by atoms with van der Waals surface area (Å²) in [5.74, 6) is -0.701. The van der Waals surface area contributed by atoms with Gasteiger partial charge < -0.3 is 9.84 Å². The van der Waals surface area contributed by atoms with Gasteiger partial charge >= 0.3 is 12.6 Å². The second kappa shape index (κ2) is 7.51. The molecule has 2 rings (SSSR count). The van der Waals surface area contributed by atoms with Gasteiger partial charge in [0.2, 0.25) is 5.88 Å². The number of pyridine rings is 1. The Morgan fingerprint density at radius 3 is 2.59 bits per heavy atom. The molecule has 1 aliphatic carbocycles. The van der Waals surface area contributed by atoms with Gasteiger partial charge in [-0.05, 0) is 44.1 Å². The topological polar surface area (TPSA) is 59.4 Å². The Balaban J connectivity index is 1.98. The Bertz CT molecular complexity index is 502. The lowest BCUT2D eigenvalue weighted by Gasteiger charge is -2.31. The van der Waals surface area contributed by atoms with Crippen molar-refractivity contribution >= 4 is 5.97 Å². The number of carboxylic acids is 1. The van der Waals surface area contributed by atoms with Crippen LogP contribution in [0.15, 0.2) is 18.2 Å². The Kier molecular flexibility index (Phi) is 5.69. The van der Waals surface area contributed by atoms with Crippen LogP contribution in [0.5, 0.6) is 5.88 Å². The third kappa shape index (κ3) is 4.15. The van der Waals surface area contributed by atoms with E-state index in [1.807, 2.05) is 13.0 Å². The molecule has 1 saturated carbocycles. The first-order chi connectivity index (χ1) is 10.5. The number of rotatable bonds is 6. The smallest absolute Gasteiger partial charge is 0.388 e. The van der Waals surface area contributed by atoms with Gasteiger partial charge in [0.1, 0.15) is 0 Å². The molecule has 0 amide bonds. The number of aromatic nitrogens is 1. The second-order valence-electron chi connectivity index (χ2n) is 5.74. The summed E-state index contributed by atoms with van der Waals surface area (Å²) < 4.78 is 28.8. The number of hydrogen-bond acceptors (Lipinski definition) is 3. The van der Waals surface area contributed by atoms with E-state index in [1.165, 1.54) is 6.07 Å². The fourth-order valence-electron chi connectivity index (χ4n) is 3.34. The Morgan fingerprint density at radius 1 is 1.36 bits per heavy atom. The first-order valence-corrected chi connectivity index (χ1v) is 7.65. The average molecular weight is 313 g/mol. The largest absolute Gasteiger partial charge is 0.481 e. The van der Waals surface area contributed by atoms with Crippen LogP contribution >= 0.6 is 0 Å². The van der Waals surface area contributed by atoms with Crippen LogP contribution in [0.1, 0.15) is 50.6 Å². The molecule has 6 heteroatoms. The van der Waals surface area contributed by atoms with E-state index >= 15 is 0 Å². The fraction of sp³-hybridized carbons (Fsp3) is 0.625. The molecule has 1 atom stereocenters. The lowest BCUT2D eigenvalue weighted by Crippen LogP contribution is -2.27. The SMILES string of the molecule is CCC(C(=O)O)C1CCC(c2cccc(OC(F)F)n2)CC1. The van der Waals surface area contributed by atoms with Crippen molar-refractivity contribution in [3.05, 3.63) is 23.9 Å². The number of carbonyl (C=O) groups is 1. The van der Waals surface area contributed by atoms with E-state index < -0.39 is 12.6 Å². The Labute approximate surface area is 128 Å². The second-order valence-corrected chi connectivity index (χ2v) is 5.74. The number of aliphatic carboxylic acids is 1. The van der Waals surface area contributed by atoms with Crippen LogP contribution < -0.4 is 4.74 Å². The summed E-state index contributed by atoms with van der Waals surface area (Å²) in [6.07, 6.45) is 3.97. The molecule has 1 unspecified atom stereocenters. The maximum Gasteiger partial charge on any atom is 0.388 e. The summed E-state index contributed by atoms with van der Waals surface area (Å²) >= 11 is 0. The molecule has 0 spiro atoms. The molecule has 4 nitrogen and oxygen atoms in total. The highest BCUT2D eigenvalue weighted by Crippen LogP contribution is 2.39. The zero-order valence-corrected chi connectivity index (χ0v) is 12.5. The van der Waals surface area contributed by atoms with Gasteiger partial charge in [-0.25, -0.2) is 4.98 Å². The zero-order chi connectivity index (χ0) is 16.1. The minimum atomic E-state index is -2.88. The predicted octanol–water partition coefficient (Wildman–Crippen LogP) is 4.07. The van der Waals surface area contributed by atoms with Gasteiger partial charge in [-0.2, -0.15) is 8.78 Å². The van der Waals surface area contributed by atoms with Crippen LogP contribution in [0.25, 0.3) is 0 Å². The quantitative estimate of drug-likeness (QED) is 0.860. The molecule has 1 heterocycles. The van der Waals surface area contributed by atoms with Gasteiger partial charge in [0, 0.05) is 17.7 Å². The highest BCUT2D eigenvalue weighted by atomic mass is 19.3. The minimum Gasteiger partial charge on any atom is -0.481 e. The summed E-state index contributed by atoms with van der Waals surface area (Å²) in [6.45, 7) is -0.975. The van der Waals surface area contributed by atoms with E-state index in [2.05, 4.69) is 9.72 Å². The third-order valence-corrected chi connectivity index (χ3v) is 4.47. The van der Waals surface area contributed by atoms with Gasteiger partial charge in [-0.1, -0.05) is 13.0 Å². The summed E-state index contributed by atoms with van der Waals surface area (Å²) in [5, 5.41) is 9.23. The molecule has 0 bridgehead atoms. The van der Waals surface area contributed by atoms with Crippen molar-refractivity contribution < 1.29 is 23.4 Å². The Morgan fingerprint density at radius 2 is 2.05 bits per heavy atom. The van der Waals surface area contributed by atoms with Gasteiger partial charge in [0.25, 0.3) is 0 Å². The van der Waals surface area contributed by atoms with E-state index in [4.69, 9.17) is 0 Å². The number of halogens is 2. The maximum atomic E-state index is 12.2. The lowest BCUT2D eigenvalue weighted by atomic mass is 9.74. The summed E-state index contributed by atoms with van der Waals surface area (Å²) in [7, 11) is 0. The van der Waals surface area contributed by atoms with E-state index in [1.54, 1.807) is 6.07 Å². The molecule has 1 aromatic rings. The van der Waals surface area contributed by atoms with Crippen molar-refractivity contribution in [3.8, 4) is 5.88 Å².